The Morgan fingerprint density at radius 2 is 1.89 bits per heavy atom. The predicted molar refractivity (Wildman–Crippen MR) is 87.6 cm³/mol. The van der Waals surface area contributed by atoms with Gasteiger partial charge in [0.05, 0.1) is 5.49 Å². The lowest BCUT2D eigenvalue weighted by atomic mass is 10.1. The zero-order valence-electron chi connectivity index (χ0n) is 10.8. The number of anilines is 2. The molecule has 0 heterocycles. The van der Waals surface area contributed by atoms with Crippen LogP contribution >= 0.6 is 12.2 Å². The molecule has 2 rings (SSSR count). The van der Waals surface area contributed by atoms with E-state index in [1.54, 1.807) is 0 Å². The third-order valence-electron chi connectivity index (χ3n) is 2.87. The van der Waals surface area contributed by atoms with Crippen LogP contribution < -0.4 is 10.6 Å². The second-order valence-electron chi connectivity index (χ2n) is 4.26. The van der Waals surface area contributed by atoms with Gasteiger partial charge in [-0.15, -0.1) is 0 Å². The minimum atomic E-state index is 0.878. The summed E-state index contributed by atoms with van der Waals surface area (Å²) in [4.78, 5) is 0. The van der Waals surface area contributed by atoms with E-state index in [4.69, 9.17) is 12.2 Å². The van der Waals surface area contributed by atoms with Gasteiger partial charge in [-0.2, -0.15) is 0 Å². The maximum absolute atomic E-state index is 4.80. The fourth-order valence-electron chi connectivity index (χ4n) is 1.79. The molecule has 2 N–H and O–H groups in total. The van der Waals surface area contributed by atoms with Gasteiger partial charge in [-0.05, 0) is 30.2 Å². The van der Waals surface area contributed by atoms with Crippen molar-refractivity contribution in [3.8, 4) is 0 Å². The predicted octanol–water partition coefficient (Wildman–Crippen LogP) is 4.45. The lowest BCUT2D eigenvalue weighted by Gasteiger charge is -2.13. The summed E-state index contributed by atoms with van der Waals surface area (Å²) in [7, 11) is 0. The Morgan fingerprint density at radius 3 is 2.58 bits per heavy atom. The van der Waals surface area contributed by atoms with E-state index in [0.717, 1.165) is 28.2 Å². The normalized spacial score (nSPS) is 9.74. The van der Waals surface area contributed by atoms with Gasteiger partial charge in [-0.1, -0.05) is 55.2 Å². The quantitative estimate of drug-likeness (QED) is 0.784. The summed E-state index contributed by atoms with van der Waals surface area (Å²) in [6, 6.07) is 16.1. The molecule has 3 heteroatoms. The summed E-state index contributed by atoms with van der Waals surface area (Å²) in [5.41, 5.74) is 6.60. The van der Waals surface area contributed by atoms with Crippen molar-refractivity contribution in [1.29, 1.82) is 0 Å². The van der Waals surface area contributed by atoms with Gasteiger partial charge in [0.15, 0.2) is 0 Å². The molecule has 19 heavy (non-hydrogen) atoms. The van der Waals surface area contributed by atoms with Crippen LogP contribution in [0.1, 0.15) is 11.1 Å². The SMILES string of the molecule is C=C(Nc1cc(NC=S)ccc1C)c1ccccc1. The number of nitrogens with one attached hydrogen (secondary N) is 2. The van der Waals surface area contributed by atoms with E-state index in [1.807, 2.05) is 48.5 Å². The first-order valence-corrected chi connectivity index (χ1v) is 6.50. The molecule has 0 unspecified atom stereocenters. The molecule has 2 aromatic carbocycles. The number of hydrogen-bond acceptors (Lipinski definition) is 2. The summed E-state index contributed by atoms with van der Waals surface area (Å²) in [6.45, 7) is 6.13. The Balaban J connectivity index is 2.21. The monoisotopic (exact) mass is 268 g/mol. The summed E-state index contributed by atoms with van der Waals surface area (Å²) >= 11 is 4.80. The lowest BCUT2D eigenvalue weighted by molar-refractivity contribution is 1.43. The zero-order valence-corrected chi connectivity index (χ0v) is 11.6. The highest BCUT2D eigenvalue weighted by Crippen LogP contribution is 2.23. The minimum absolute atomic E-state index is 0.878. The van der Waals surface area contributed by atoms with Crippen LogP contribution in [0, 0.1) is 6.92 Å². The van der Waals surface area contributed by atoms with Crippen LogP contribution in [0.2, 0.25) is 0 Å². The van der Waals surface area contributed by atoms with Gasteiger partial charge in [0.1, 0.15) is 0 Å². The fraction of sp³-hybridized carbons (Fsp3) is 0.0625. The van der Waals surface area contributed by atoms with Crippen LogP contribution in [0.15, 0.2) is 55.1 Å². The van der Waals surface area contributed by atoms with E-state index < -0.39 is 0 Å². The number of rotatable bonds is 5. The van der Waals surface area contributed by atoms with Gasteiger partial charge in [0.25, 0.3) is 0 Å². The molecule has 0 radical (unpaired) electrons. The summed E-state index contributed by atoms with van der Waals surface area (Å²) in [5, 5.41) is 6.35. The molecule has 2 nitrogen and oxygen atoms in total. The molecule has 0 fully saturated rings. The molecule has 2 aromatic rings. The van der Waals surface area contributed by atoms with Gasteiger partial charge in [0, 0.05) is 17.1 Å². The van der Waals surface area contributed by atoms with Crippen molar-refractivity contribution < 1.29 is 0 Å². The minimum Gasteiger partial charge on any atom is -0.355 e. The molecule has 0 aromatic heterocycles. The molecule has 0 aliphatic heterocycles. The number of aryl methyl sites for hydroxylation is 1. The molecule has 0 saturated carbocycles. The first-order chi connectivity index (χ1) is 9.20. The largest absolute Gasteiger partial charge is 0.355 e. The third kappa shape index (κ3) is 3.42. The van der Waals surface area contributed by atoms with Gasteiger partial charge < -0.3 is 10.6 Å². The van der Waals surface area contributed by atoms with E-state index in [1.165, 1.54) is 5.49 Å². The van der Waals surface area contributed by atoms with Gasteiger partial charge in [-0.3, -0.25) is 0 Å². The molecule has 0 atom stereocenters. The van der Waals surface area contributed by atoms with E-state index in [2.05, 4.69) is 24.1 Å². The Morgan fingerprint density at radius 1 is 1.16 bits per heavy atom. The Labute approximate surface area is 119 Å². The molecule has 0 aliphatic rings. The number of thiocarbonyl (C=S) groups is 1. The molecule has 0 aliphatic carbocycles. The number of hydrogen-bond donors (Lipinski definition) is 2. The molecular formula is C16H16N2S. The van der Waals surface area contributed by atoms with Crippen LogP contribution in [0.4, 0.5) is 11.4 Å². The van der Waals surface area contributed by atoms with Gasteiger partial charge >= 0.3 is 0 Å². The third-order valence-corrected chi connectivity index (χ3v) is 2.99. The highest BCUT2D eigenvalue weighted by atomic mass is 32.1. The van der Waals surface area contributed by atoms with Crippen molar-refractivity contribution in [3.05, 3.63) is 66.2 Å². The lowest BCUT2D eigenvalue weighted by Crippen LogP contribution is -2.00. The van der Waals surface area contributed by atoms with Crippen molar-refractivity contribution in [2.75, 3.05) is 10.6 Å². The fourth-order valence-corrected chi connectivity index (χ4v) is 1.92. The van der Waals surface area contributed by atoms with E-state index in [9.17, 15) is 0 Å². The zero-order chi connectivity index (χ0) is 13.7. The van der Waals surface area contributed by atoms with E-state index in [0.29, 0.717) is 0 Å². The standard InChI is InChI=1S/C16H16N2S/c1-12-8-9-15(17-11-19)10-16(12)18-13(2)14-6-4-3-5-7-14/h3-11,18H,2H2,1H3,(H,17,19). The second kappa shape index (κ2) is 6.16. The molecular weight excluding hydrogens is 252 g/mol. The van der Waals surface area contributed by atoms with Crippen molar-refractivity contribution in [2.45, 2.75) is 6.92 Å². The Bertz CT molecular complexity index is 591. The molecule has 0 bridgehead atoms. The van der Waals surface area contributed by atoms with Crippen LogP contribution in [-0.4, -0.2) is 5.49 Å². The van der Waals surface area contributed by atoms with Crippen LogP contribution in [0.5, 0.6) is 0 Å². The van der Waals surface area contributed by atoms with Crippen molar-refractivity contribution in [1.82, 2.24) is 0 Å². The highest BCUT2D eigenvalue weighted by molar-refractivity contribution is 7.79. The maximum Gasteiger partial charge on any atom is 0.0658 e. The Hall–Kier alpha value is -2.13. The Kier molecular flexibility index (Phi) is 4.31. The van der Waals surface area contributed by atoms with E-state index in [-0.39, 0.29) is 0 Å². The van der Waals surface area contributed by atoms with Crippen LogP contribution in [0.25, 0.3) is 5.70 Å². The molecule has 0 saturated heterocycles. The van der Waals surface area contributed by atoms with Gasteiger partial charge in [0.2, 0.25) is 0 Å². The smallest absolute Gasteiger partial charge is 0.0658 e. The summed E-state index contributed by atoms with van der Waals surface area (Å²) in [6.07, 6.45) is 0. The first kappa shape index (κ1) is 13.3. The maximum atomic E-state index is 4.80. The molecule has 0 amide bonds. The highest BCUT2D eigenvalue weighted by Gasteiger charge is 2.03. The second-order valence-corrected chi connectivity index (χ2v) is 4.50. The molecule has 0 spiro atoms. The van der Waals surface area contributed by atoms with Crippen LogP contribution in [0.3, 0.4) is 0 Å². The van der Waals surface area contributed by atoms with Crippen LogP contribution in [-0.2, 0) is 0 Å². The van der Waals surface area contributed by atoms with Gasteiger partial charge in [-0.25, -0.2) is 0 Å². The summed E-state index contributed by atoms with van der Waals surface area (Å²) in [5.74, 6) is 0. The summed E-state index contributed by atoms with van der Waals surface area (Å²) < 4.78 is 0. The van der Waals surface area contributed by atoms with E-state index >= 15 is 0 Å². The topological polar surface area (TPSA) is 24.1 Å². The molecule has 96 valence electrons. The average Bonchev–Trinajstić information content (AvgIpc) is 2.44. The first-order valence-electron chi connectivity index (χ1n) is 6.03. The van der Waals surface area contributed by atoms with Crippen molar-refractivity contribution in [3.63, 3.8) is 0 Å². The average molecular weight is 268 g/mol. The van der Waals surface area contributed by atoms with Crippen molar-refractivity contribution >= 4 is 34.8 Å². The van der Waals surface area contributed by atoms with Crippen molar-refractivity contribution in [2.24, 2.45) is 0 Å². The number of benzene rings is 2.